The second-order valence-electron chi connectivity index (χ2n) is 16.6. The Morgan fingerprint density at radius 2 is 1.07 bits per heavy atom. The van der Waals surface area contributed by atoms with Crippen molar-refractivity contribution in [3.05, 3.63) is 156 Å². The van der Waals surface area contributed by atoms with Gasteiger partial charge in [-0.15, -0.1) is 6.58 Å². The van der Waals surface area contributed by atoms with Crippen LogP contribution in [0.15, 0.2) is 134 Å². The lowest BCUT2D eigenvalue weighted by Crippen LogP contribution is -2.65. The van der Waals surface area contributed by atoms with Crippen LogP contribution in [0, 0.1) is 0 Å². The van der Waals surface area contributed by atoms with Crippen LogP contribution >= 0.6 is 0 Å². The Kier molecular flexibility index (Phi) is 17.8. The third-order valence-electron chi connectivity index (χ3n) is 10.6. The summed E-state index contributed by atoms with van der Waals surface area (Å²) in [6, 6.07) is 39.3. The Morgan fingerprint density at radius 3 is 1.57 bits per heavy atom. The smallest absolute Gasteiger partial charge is 0.338 e. The van der Waals surface area contributed by atoms with Crippen LogP contribution in [0.4, 0.5) is 0 Å². The summed E-state index contributed by atoms with van der Waals surface area (Å²) in [4.78, 5) is 14.1. The van der Waals surface area contributed by atoms with Crippen LogP contribution in [0.3, 0.4) is 0 Å². The van der Waals surface area contributed by atoms with Gasteiger partial charge in [0.1, 0.15) is 37.3 Å². The van der Waals surface area contributed by atoms with Gasteiger partial charge in [0.05, 0.1) is 44.2 Å². The molecule has 61 heavy (non-hydrogen) atoms. The summed E-state index contributed by atoms with van der Waals surface area (Å²) in [5.74, 6) is -0.575. The van der Waals surface area contributed by atoms with Gasteiger partial charge in [0.2, 0.25) is 0 Å². The molecule has 2 fully saturated rings. The standard InChI is InChI=1S/C49H62O11Si/c1-7-28-52-48-45(55-33-39-24-16-10-17-25-39)44(42(36(3)57-48)54-32-38-22-14-9-15-23-38)60-49-46(59-47(50)40-26-18-11-19-27-40)43(56-34-51-29-30-61(4,5)6)41(35(2)58-49)53-31-37-20-12-8-13-21-37/h7-27,35-36,41-46,48-49H,1,28-34H2,2-6H3/t35-,36-,41-,42-,43+,44+,45+,46+,48+,49-/m0/s1. The van der Waals surface area contributed by atoms with Gasteiger partial charge in [0, 0.05) is 14.7 Å². The van der Waals surface area contributed by atoms with Crippen molar-refractivity contribution >= 4 is 14.0 Å². The lowest BCUT2D eigenvalue weighted by molar-refractivity contribution is -0.368. The molecule has 0 unspecified atom stereocenters. The quantitative estimate of drug-likeness (QED) is 0.0249. The highest BCUT2D eigenvalue weighted by molar-refractivity contribution is 6.76. The van der Waals surface area contributed by atoms with Crippen molar-refractivity contribution in [1.29, 1.82) is 0 Å². The van der Waals surface area contributed by atoms with E-state index in [0.29, 0.717) is 12.2 Å². The zero-order chi connectivity index (χ0) is 43.0. The SMILES string of the molecule is C=CCO[C@@H]1O[C@@H](C)[C@H](OCc2ccccc2)[C@@H](O[C@@H]2O[C@@H](C)[C@H](OCc3ccccc3)[C@@H](OCOCC[Si](C)(C)C)[C@H]2OC(=O)c2ccccc2)[C@H]1OCc1ccccc1. The fraction of sp³-hybridized carbons (Fsp3) is 0.449. The first-order valence-electron chi connectivity index (χ1n) is 21.2. The molecule has 10 atom stereocenters. The van der Waals surface area contributed by atoms with Crippen molar-refractivity contribution in [2.45, 2.75) is 121 Å². The molecule has 4 aromatic rings. The summed E-state index contributed by atoms with van der Waals surface area (Å²) < 4.78 is 65.8. The summed E-state index contributed by atoms with van der Waals surface area (Å²) in [5.41, 5.74) is 3.24. The minimum Gasteiger partial charge on any atom is -0.450 e. The molecule has 6 rings (SSSR count). The van der Waals surface area contributed by atoms with Gasteiger partial charge in [-0.25, -0.2) is 4.79 Å². The number of ether oxygens (including phenoxy) is 10. The zero-order valence-electron chi connectivity index (χ0n) is 36.0. The van der Waals surface area contributed by atoms with Gasteiger partial charge in [0.25, 0.3) is 0 Å². The first-order chi connectivity index (χ1) is 29.6. The average molecular weight is 855 g/mol. The molecule has 0 spiro atoms. The van der Waals surface area contributed by atoms with Crippen LogP contribution in [0.25, 0.3) is 0 Å². The largest absolute Gasteiger partial charge is 0.450 e. The van der Waals surface area contributed by atoms with Gasteiger partial charge in [-0.2, -0.15) is 0 Å². The maximum absolute atomic E-state index is 14.1. The predicted octanol–water partition coefficient (Wildman–Crippen LogP) is 8.74. The third-order valence-corrected chi connectivity index (χ3v) is 12.3. The Labute approximate surface area is 362 Å². The first kappa shape index (κ1) is 46.4. The summed E-state index contributed by atoms with van der Waals surface area (Å²) >= 11 is 0. The Balaban J connectivity index is 1.36. The van der Waals surface area contributed by atoms with Gasteiger partial charge in [-0.3, -0.25) is 0 Å². The molecule has 2 saturated heterocycles. The second kappa shape index (κ2) is 23.4. The van der Waals surface area contributed by atoms with Crippen LogP contribution in [0.2, 0.25) is 25.7 Å². The minimum atomic E-state index is -1.39. The third kappa shape index (κ3) is 14.0. The summed E-state index contributed by atoms with van der Waals surface area (Å²) in [6.07, 6.45) is -6.63. The maximum atomic E-state index is 14.1. The Morgan fingerprint density at radius 1 is 0.590 bits per heavy atom. The number of esters is 1. The van der Waals surface area contributed by atoms with Gasteiger partial charge in [0.15, 0.2) is 18.7 Å². The van der Waals surface area contributed by atoms with E-state index in [4.69, 9.17) is 47.4 Å². The van der Waals surface area contributed by atoms with E-state index in [9.17, 15) is 4.79 Å². The molecule has 4 aromatic carbocycles. The molecule has 0 N–H and O–H groups in total. The van der Waals surface area contributed by atoms with E-state index in [1.54, 1.807) is 30.3 Å². The number of carbonyl (C=O) groups excluding carboxylic acids is 1. The van der Waals surface area contributed by atoms with Gasteiger partial charge < -0.3 is 47.4 Å². The van der Waals surface area contributed by atoms with E-state index in [-0.39, 0.29) is 33.2 Å². The molecule has 0 radical (unpaired) electrons. The lowest BCUT2D eigenvalue weighted by atomic mass is 9.96. The highest BCUT2D eigenvalue weighted by Crippen LogP contribution is 2.36. The topological polar surface area (TPSA) is 109 Å². The molecule has 0 aliphatic carbocycles. The van der Waals surface area contributed by atoms with Crippen LogP contribution in [-0.4, -0.2) is 95.5 Å². The van der Waals surface area contributed by atoms with Crippen molar-refractivity contribution in [1.82, 2.24) is 0 Å². The molecule has 12 heteroatoms. The average Bonchev–Trinajstić information content (AvgIpc) is 3.26. The highest BCUT2D eigenvalue weighted by atomic mass is 28.3. The number of hydrogen-bond donors (Lipinski definition) is 0. The van der Waals surface area contributed by atoms with Crippen molar-refractivity contribution in [2.75, 3.05) is 20.0 Å². The normalized spacial score (nSPS) is 26.7. The van der Waals surface area contributed by atoms with E-state index in [2.05, 4.69) is 26.2 Å². The molecule has 2 aliphatic rings. The number of carbonyl (C=O) groups is 1. The zero-order valence-corrected chi connectivity index (χ0v) is 37.0. The molecule has 0 bridgehead atoms. The van der Waals surface area contributed by atoms with Crippen molar-refractivity contribution in [2.24, 2.45) is 0 Å². The maximum Gasteiger partial charge on any atom is 0.338 e. The molecular weight excluding hydrogens is 793 g/mol. The number of hydrogen-bond acceptors (Lipinski definition) is 11. The summed E-state index contributed by atoms with van der Waals surface area (Å²) in [5, 5.41) is 0. The van der Waals surface area contributed by atoms with E-state index < -0.39 is 75.5 Å². The van der Waals surface area contributed by atoms with Gasteiger partial charge >= 0.3 is 5.97 Å². The van der Waals surface area contributed by atoms with Crippen molar-refractivity contribution < 1.29 is 52.2 Å². The molecule has 2 aliphatic heterocycles. The van der Waals surface area contributed by atoms with Gasteiger partial charge in [-0.05, 0) is 48.7 Å². The van der Waals surface area contributed by atoms with Gasteiger partial charge in [-0.1, -0.05) is 135 Å². The second-order valence-corrected chi connectivity index (χ2v) is 22.3. The van der Waals surface area contributed by atoms with E-state index in [0.717, 1.165) is 22.7 Å². The lowest BCUT2D eigenvalue weighted by Gasteiger charge is -2.49. The number of rotatable bonds is 22. The minimum absolute atomic E-state index is 0.0590. The number of benzene rings is 4. The molecule has 0 aromatic heterocycles. The first-order valence-corrected chi connectivity index (χ1v) is 24.9. The van der Waals surface area contributed by atoms with E-state index in [1.165, 1.54) is 0 Å². The summed E-state index contributed by atoms with van der Waals surface area (Å²) in [7, 11) is -1.39. The fourth-order valence-electron chi connectivity index (χ4n) is 7.24. The summed E-state index contributed by atoms with van der Waals surface area (Å²) in [6.45, 7) is 16.0. The molecule has 11 nitrogen and oxygen atoms in total. The monoisotopic (exact) mass is 854 g/mol. The van der Waals surface area contributed by atoms with Crippen molar-refractivity contribution in [3.8, 4) is 0 Å². The molecular formula is C49H62O11Si. The highest BCUT2D eigenvalue weighted by Gasteiger charge is 2.54. The molecule has 328 valence electrons. The van der Waals surface area contributed by atoms with E-state index >= 15 is 0 Å². The van der Waals surface area contributed by atoms with Crippen LogP contribution < -0.4 is 0 Å². The predicted molar refractivity (Wildman–Crippen MR) is 234 cm³/mol. The Hall–Kier alpha value is -4.05. The van der Waals surface area contributed by atoms with Crippen LogP contribution in [0.5, 0.6) is 0 Å². The fourth-order valence-corrected chi connectivity index (χ4v) is 8.00. The van der Waals surface area contributed by atoms with Crippen LogP contribution in [0.1, 0.15) is 40.9 Å². The molecule has 0 saturated carbocycles. The Bertz CT molecular complexity index is 1860. The van der Waals surface area contributed by atoms with E-state index in [1.807, 2.05) is 111 Å². The van der Waals surface area contributed by atoms with Crippen LogP contribution in [-0.2, 0) is 67.2 Å². The molecule has 0 amide bonds. The molecule has 2 heterocycles. The van der Waals surface area contributed by atoms with Crippen molar-refractivity contribution in [3.63, 3.8) is 0 Å².